The molecule has 2 atom stereocenters. The van der Waals surface area contributed by atoms with Crippen molar-refractivity contribution in [2.24, 2.45) is 0 Å². The van der Waals surface area contributed by atoms with Gasteiger partial charge in [-0.05, 0) is 35.6 Å². The molecule has 1 heterocycles. The minimum atomic E-state index is -3.43. The molecule has 0 radical (unpaired) electrons. The van der Waals surface area contributed by atoms with Gasteiger partial charge in [0.1, 0.15) is 19.3 Å². The van der Waals surface area contributed by atoms with Gasteiger partial charge in [0, 0.05) is 6.42 Å². The summed E-state index contributed by atoms with van der Waals surface area (Å²) in [4.78, 5) is 9.64. The fraction of sp³-hybridized carbons (Fsp3) is 0.368. The molecule has 47 heavy (non-hydrogen) atoms. The van der Waals surface area contributed by atoms with E-state index in [0.29, 0.717) is 0 Å². The number of benzene rings is 4. The molecule has 250 valence electrons. The number of hydrogen-bond acceptors (Lipinski definition) is 7. The van der Waals surface area contributed by atoms with Crippen LogP contribution in [0.4, 0.5) is 8.78 Å². The van der Waals surface area contributed by atoms with Crippen molar-refractivity contribution >= 4 is 0 Å². The van der Waals surface area contributed by atoms with Gasteiger partial charge in [0.15, 0.2) is 0 Å². The van der Waals surface area contributed by atoms with E-state index in [1.807, 2.05) is 121 Å². The molecule has 1 aliphatic heterocycles. The van der Waals surface area contributed by atoms with E-state index in [9.17, 15) is 0 Å². The number of halogens is 2. The Balaban J connectivity index is 1.54. The van der Waals surface area contributed by atoms with Crippen molar-refractivity contribution in [1.29, 1.82) is 0 Å². The summed E-state index contributed by atoms with van der Waals surface area (Å²) in [6.07, 6.45) is -1.71. The van der Waals surface area contributed by atoms with Crippen molar-refractivity contribution < 1.29 is 42.2 Å². The molecule has 0 amide bonds. The van der Waals surface area contributed by atoms with Gasteiger partial charge in [-0.1, -0.05) is 121 Å². The average molecular weight is 649 g/mol. The maximum absolute atomic E-state index is 15.8. The van der Waals surface area contributed by atoms with Gasteiger partial charge < -0.3 is 23.7 Å². The summed E-state index contributed by atoms with van der Waals surface area (Å²) in [6, 6.07) is 38.2. The highest BCUT2D eigenvalue weighted by Gasteiger charge is 2.64. The predicted octanol–water partition coefficient (Wildman–Crippen LogP) is 8.03. The van der Waals surface area contributed by atoms with Gasteiger partial charge in [0.2, 0.25) is 11.6 Å². The lowest BCUT2D eigenvalue weighted by Crippen LogP contribution is -2.68. The van der Waals surface area contributed by atoms with Crippen LogP contribution in [0.25, 0.3) is 0 Å². The smallest absolute Gasteiger partial charge is 0.299 e. The predicted molar refractivity (Wildman–Crippen MR) is 172 cm³/mol. The van der Waals surface area contributed by atoms with Crippen LogP contribution in [0.15, 0.2) is 121 Å². The lowest BCUT2D eigenvalue weighted by atomic mass is 9.91. The van der Waals surface area contributed by atoms with E-state index in [1.54, 1.807) is 6.92 Å². The quantitative estimate of drug-likeness (QED) is 0.0469. The largest absolute Gasteiger partial charge is 0.371 e. The highest BCUT2D eigenvalue weighted by atomic mass is 19.3. The third-order valence-electron chi connectivity index (χ3n) is 7.92. The second-order valence-corrected chi connectivity index (χ2v) is 11.4. The van der Waals surface area contributed by atoms with Crippen LogP contribution in [0.3, 0.4) is 0 Å². The van der Waals surface area contributed by atoms with E-state index < -0.39 is 30.2 Å². The second kappa shape index (κ2) is 17.0. The fourth-order valence-corrected chi connectivity index (χ4v) is 5.42. The van der Waals surface area contributed by atoms with Gasteiger partial charge in [-0.25, -0.2) is 18.6 Å². The van der Waals surface area contributed by atoms with Crippen molar-refractivity contribution in [1.82, 2.24) is 0 Å². The van der Waals surface area contributed by atoms with Gasteiger partial charge >= 0.3 is 0 Å². The Bertz CT molecular complexity index is 1400. The van der Waals surface area contributed by atoms with Crippen LogP contribution >= 0.6 is 0 Å². The van der Waals surface area contributed by atoms with E-state index in [1.165, 1.54) is 0 Å². The molecule has 9 heteroatoms. The Morgan fingerprint density at radius 2 is 1.09 bits per heavy atom. The Morgan fingerprint density at radius 3 is 1.55 bits per heavy atom. The first kappa shape index (κ1) is 34.8. The monoisotopic (exact) mass is 648 g/mol. The second-order valence-electron chi connectivity index (χ2n) is 11.4. The molecule has 1 aliphatic rings. The molecular formula is C38H42F2O7. The Morgan fingerprint density at radius 1 is 0.638 bits per heavy atom. The molecule has 1 fully saturated rings. The van der Waals surface area contributed by atoms with Crippen LogP contribution in [0.2, 0.25) is 0 Å². The molecule has 0 bridgehead atoms. The third kappa shape index (κ3) is 9.52. The third-order valence-corrected chi connectivity index (χ3v) is 7.92. The molecule has 0 aromatic heterocycles. The van der Waals surface area contributed by atoms with Gasteiger partial charge in [-0.15, -0.1) is 0 Å². The summed E-state index contributed by atoms with van der Waals surface area (Å²) in [5.74, 6) is -7.02. The zero-order valence-electron chi connectivity index (χ0n) is 26.6. The number of hydrogen-bond donors (Lipinski definition) is 0. The van der Waals surface area contributed by atoms with Crippen molar-refractivity contribution in [3.05, 3.63) is 144 Å². The molecule has 0 spiro atoms. The fourth-order valence-electron chi connectivity index (χ4n) is 5.42. The molecule has 7 nitrogen and oxygen atoms in total. The van der Waals surface area contributed by atoms with E-state index >= 15 is 8.78 Å². The lowest BCUT2D eigenvalue weighted by Gasteiger charge is -2.53. The Kier molecular flexibility index (Phi) is 12.6. The first-order chi connectivity index (χ1) is 22.9. The lowest BCUT2D eigenvalue weighted by molar-refractivity contribution is -0.467. The number of rotatable bonds is 18. The average Bonchev–Trinajstić information content (AvgIpc) is 3.11. The Labute approximate surface area is 275 Å². The van der Waals surface area contributed by atoms with Crippen LogP contribution in [-0.4, -0.2) is 43.4 Å². The molecule has 2 unspecified atom stereocenters. The highest BCUT2D eigenvalue weighted by molar-refractivity contribution is 5.17. The molecule has 5 rings (SSSR count). The molecule has 0 N–H and O–H groups in total. The first-order valence-corrected chi connectivity index (χ1v) is 15.9. The van der Waals surface area contributed by atoms with E-state index in [4.69, 9.17) is 33.5 Å². The maximum Gasteiger partial charge on any atom is 0.299 e. The zero-order valence-corrected chi connectivity index (χ0v) is 26.6. The Hall–Kier alpha value is -3.54. The standard InChI is InChI=1S/C38H42F2O7/c1-2-45-46-29-36(39,40)35-23-24-37(42-26-32-17-9-4-10-18-32,43-27-33-19-11-5-12-20-33)38(47-35,44-28-34-21-13-6-14-22-34)30-41-25-31-15-7-3-8-16-31/h3-22,35H,2,23-30H2,1H3. The highest BCUT2D eigenvalue weighted by Crippen LogP contribution is 2.47. The van der Waals surface area contributed by atoms with E-state index in [-0.39, 0.29) is 52.5 Å². The number of alkyl halides is 2. The molecular weight excluding hydrogens is 606 g/mol. The van der Waals surface area contributed by atoms with E-state index in [0.717, 1.165) is 22.3 Å². The zero-order chi connectivity index (χ0) is 32.8. The molecule has 1 saturated heterocycles. The molecule has 4 aromatic rings. The van der Waals surface area contributed by atoms with Crippen LogP contribution < -0.4 is 0 Å². The molecule has 0 saturated carbocycles. The van der Waals surface area contributed by atoms with Gasteiger partial charge in [0.25, 0.3) is 5.92 Å². The van der Waals surface area contributed by atoms with E-state index in [2.05, 4.69) is 0 Å². The summed E-state index contributed by atoms with van der Waals surface area (Å²) >= 11 is 0. The van der Waals surface area contributed by atoms with Crippen molar-refractivity contribution in [2.45, 2.75) is 69.8 Å². The number of ether oxygens (including phenoxy) is 5. The van der Waals surface area contributed by atoms with Gasteiger partial charge in [-0.3, -0.25) is 0 Å². The van der Waals surface area contributed by atoms with Crippen molar-refractivity contribution in [2.75, 3.05) is 19.8 Å². The maximum atomic E-state index is 15.8. The summed E-state index contributed by atoms with van der Waals surface area (Å²) in [7, 11) is 0. The van der Waals surface area contributed by atoms with Gasteiger partial charge in [0.05, 0.1) is 33.0 Å². The van der Waals surface area contributed by atoms with Crippen molar-refractivity contribution in [3.63, 3.8) is 0 Å². The van der Waals surface area contributed by atoms with Crippen molar-refractivity contribution in [3.8, 4) is 0 Å². The summed E-state index contributed by atoms with van der Waals surface area (Å²) in [6.45, 7) is 0.959. The molecule has 0 aliphatic carbocycles. The summed E-state index contributed by atoms with van der Waals surface area (Å²) in [5.41, 5.74) is 3.45. The summed E-state index contributed by atoms with van der Waals surface area (Å²) in [5, 5.41) is 0. The topological polar surface area (TPSA) is 64.6 Å². The minimum Gasteiger partial charge on any atom is -0.371 e. The van der Waals surface area contributed by atoms with Gasteiger partial charge in [-0.2, -0.15) is 0 Å². The first-order valence-electron chi connectivity index (χ1n) is 15.9. The van der Waals surface area contributed by atoms with Crippen LogP contribution in [0.5, 0.6) is 0 Å². The summed E-state index contributed by atoms with van der Waals surface area (Å²) < 4.78 is 64.3. The normalized spacial score (nSPS) is 19.4. The van der Waals surface area contributed by atoms with Crippen LogP contribution in [0, 0.1) is 0 Å². The minimum absolute atomic E-state index is 0.0189. The SMILES string of the molecule is CCOOCC(F)(F)C1CCC(OCc2ccccc2)(OCc2ccccc2)C(COCc2ccccc2)(OCc2ccccc2)O1. The molecule has 4 aromatic carbocycles. The van der Waals surface area contributed by atoms with Crippen LogP contribution in [-0.2, 0) is 59.9 Å². The van der Waals surface area contributed by atoms with Crippen LogP contribution in [0.1, 0.15) is 42.0 Å².